The van der Waals surface area contributed by atoms with Gasteiger partial charge in [0.1, 0.15) is 0 Å². The van der Waals surface area contributed by atoms with Crippen LogP contribution in [0.15, 0.2) is 0 Å². The largest absolute Gasteiger partial charge is 0.376 e. The Balaban J connectivity index is 1.91. The Hall–Kier alpha value is -0.650. The molecular formula is C13H24N2O3. The second-order valence-corrected chi connectivity index (χ2v) is 5.07. The summed E-state index contributed by atoms with van der Waals surface area (Å²) in [5, 5.41) is 3.35. The number of nitrogens with one attached hydrogen (secondary N) is 1. The van der Waals surface area contributed by atoms with Crippen molar-refractivity contribution in [3.63, 3.8) is 0 Å². The Bertz CT molecular complexity index is 279. The van der Waals surface area contributed by atoms with E-state index in [9.17, 15) is 4.79 Å². The van der Waals surface area contributed by atoms with Gasteiger partial charge in [-0.3, -0.25) is 4.79 Å². The second kappa shape index (κ2) is 6.50. The average molecular weight is 256 g/mol. The molecule has 5 nitrogen and oxygen atoms in total. The second-order valence-electron chi connectivity index (χ2n) is 5.07. The van der Waals surface area contributed by atoms with Crippen molar-refractivity contribution in [2.45, 2.75) is 31.9 Å². The molecule has 2 aliphatic heterocycles. The number of nitrogens with zero attached hydrogens (tertiary/aromatic N) is 1. The van der Waals surface area contributed by atoms with Crippen LogP contribution in [0.2, 0.25) is 0 Å². The van der Waals surface area contributed by atoms with E-state index in [0.29, 0.717) is 31.8 Å². The topological polar surface area (TPSA) is 50.8 Å². The van der Waals surface area contributed by atoms with E-state index in [-0.39, 0.29) is 12.0 Å². The number of amides is 1. The third-order valence-corrected chi connectivity index (χ3v) is 4.03. The number of piperidine rings is 1. The summed E-state index contributed by atoms with van der Waals surface area (Å²) in [7, 11) is 2.00. The zero-order valence-corrected chi connectivity index (χ0v) is 11.4. The van der Waals surface area contributed by atoms with E-state index in [0.717, 1.165) is 25.9 Å². The molecule has 0 radical (unpaired) electrons. The lowest BCUT2D eigenvalue weighted by Gasteiger charge is -2.39. The Labute approximate surface area is 109 Å². The summed E-state index contributed by atoms with van der Waals surface area (Å²) in [6.07, 6.45) is 1.73. The average Bonchev–Trinajstić information content (AvgIpc) is 2.46. The molecule has 0 aromatic carbocycles. The van der Waals surface area contributed by atoms with Gasteiger partial charge in [-0.2, -0.15) is 0 Å². The van der Waals surface area contributed by atoms with Crippen LogP contribution in [0.3, 0.4) is 0 Å². The summed E-state index contributed by atoms with van der Waals surface area (Å²) < 4.78 is 10.8. The number of likely N-dealkylation sites (tertiary alicyclic amines) is 1. The van der Waals surface area contributed by atoms with E-state index in [1.807, 2.05) is 11.9 Å². The summed E-state index contributed by atoms with van der Waals surface area (Å²) in [5.41, 5.74) is 0. The van der Waals surface area contributed by atoms with Gasteiger partial charge in [0.2, 0.25) is 0 Å². The molecule has 1 N–H and O–H groups in total. The lowest BCUT2D eigenvalue weighted by Crippen LogP contribution is -2.54. The van der Waals surface area contributed by atoms with Crippen LogP contribution in [-0.2, 0) is 14.3 Å². The lowest BCUT2D eigenvalue weighted by atomic mass is 9.90. The minimum Gasteiger partial charge on any atom is -0.376 e. The van der Waals surface area contributed by atoms with Crippen LogP contribution in [0.4, 0.5) is 0 Å². The molecule has 0 aromatic rings. The molecule has 0 aliphatic carbocycles. The van der Waals surface area contributed by atoms with Crippen molar-refractivity contribution in [1.29, 1.82) is 0 Å². The molecule has 2 heterocycles. The highest BCUT2D eigenvalue weighted by atomic mass is 16.6. The van der Waals surface area contributed by atoms with Crippen LogP contribution in [0.1, 0.15) is 19.8 Å². The van der Waals surface area contributed by atoms with Gasteiger partial charge < -0.3 is 19.7 Å². The Morgan fingerprint density at radius 1 is 1.44 bits per heavy atom. The van der Waals surface area contributed by atoms with E-state index in [4.69, 9.17) is 9.47 Å². The van der Waals surface area contributed by atoms with E-state index in [2.05, 4.69) is 12.2 Å². The van der Waals surface area contributed by atoms with Gasteiger partial charge in [-0.05, 0) is 19.4 Å². The van der Waals surface area contributed by atoms with Gasteiger partial charge in [-0.1, -0.05) is 13.3 Å². The van der Waals surface area contributed by atoms with Gasteiger partial charge >= 0.3 is 0 Å². The summed E-state index contributed by atoms with van der Waals surface area (Å²) in [6, 6.07) is 0.530. The molecule has 2 fully saturated rings. The first-order chi connectivity index (χ1) is 8.76. The first kappa shape index (κ1) is 13.8. The van der Waals surface area contributed by atoms with Crippen LogP contribution >= 0.6 is 0 Å². The van der Waals surface area contributed by atoms with Gasteiger partial charge in [0, 0.05) is 19.1 Å². The minimum atomic E-state index is -0.387. The number of ether oxygens (including phenoxy) is 2. The monoisotopic (exact) mass is 256 g/mol. The molecule has 0 spiro atoms. The number of carbonyl (C=O) groups excluding carboxylic acids is 1. The van der Waals surface area contributed by atoms with Gasteiger partial charge in [-0.25, -0.2) is 0 Å². The van der Waals surface area contributed by atoms with E-state index >= 15 is 0 Å². The SMILES string of the molecule is CCC1CN(C(=O)C2COCCO2)CCC1NC. The molecule has 0 aromatic heterocycles. The maximum absolute atomic E-state index is 12.3. The summed E-state index contributed by atoms with van der Waals surface area (Å²) in [5.74, 6) is 0.639. The van der Waals surface area contributed by atoms with E-state index < -0.39 is 0 Å². The zero-order valence-electron chi connectivity index (χ0n) is 11.4. The highest BCUT2D eigenvalue weighted by molar-refractivity contribution is 5.81. The van der Waals surface area contributed by atoms with Crippen molar-refractivity contribution in [3.05, 3.63) is 0 Å². The smallest absolute Gasteiger partial charge is 0.254 e. The van der Waals surface area contributed by atoms with Crippen LogP contribution in [0, 0.1) is 5.92 Å². The Kier molecular flexibility index (Phi) is 4.97. The molecule has 5 heteroatoms. The fourth-order valence-corrected chi connectivity index (χ4v) is 2.86. The highest BCUT2D eigenvalue weighted by Gasteiger charge is 2.33. The molecular weight excluding hydrogens is 232 g/mol. The summed E-state index contributed by atoms with van der Waals surface area (Å²) >= 11 is 0. The molecule has 2 saturated heterocycles. The number of carbonyl (C=O) groups is 1. The van der Waals surface area contributed by atoms with Gasteiger partial charge in [0.05, 0.1) is 19.8 Å². The first-order valence-corrected chi connectivity index (χ1v) is 6.91. The van der Waals surface area contributed by atoms with Crippen molar-refractivity contribution >= 4 is 5.91 Å². The van der Waals surface area contributed by atoms with Crippen LogP contribution in [0.25, 0.3) is 0 Å². The zero-order chi connectivity index (χ0) is 13.0. The molecule has 1 amide bonds. The molecule has 18 heavy (non-hydrogen) atoms. The van der Waals surface area contributed by atoms with Crippen molar-refractivity contribution in [2.24, 2.45) is 5.92 Å². The van der Waals surface area contributed by atoms with Gasteiger partial charge in [0.25, 0.3) is 5.91 Å². The third-order valence-electron chi connectivity index (χ3n) is 4.03. The van der Waals surface area contributed by atoms with Gasteiger partial charge in [-0.15, -0.1) is 0 Å². The van der Waals surface area contributed by atoms with Crippen molar-refractivity contribution in [3.8, 4) is 0 Å². The molecule has 0 saturated carbocycles. The van der Waals surface area contributed by atoms with E-state index in [1.54, 1.807) is 0 Å². The maximum Gasteiger partial charge on any atom is 0.254 e. The van der Waals surface area contributed by atoms with Crippen LogP contribution in [-0.4, -0.2) is 62.9 Å². The van der Waals surface area contributed by atoms with Crippen molar-refractivity contribution in [2.75, 3.05) is 40.0 Å². The fourth-order valence-electron chi connectivity index (χ4n) is 2.86. The van der Waals surface area contributed by atoms with Crippen molar-refractivity contribution in [1.82, 2.24) is 10.2 Å². The molecule has 2 rings (SSSR count). The first-order valence-electron chi connectivity index (χ1n) is 6.91. The molecule has 2 aliphatic rings. The standard InChI is InChI=1S/C13H24N2O3/c1-3-10-8-15(5-4-11(10)14-2)13(16)12-9-17-6-7-18-12/h10-12,14H,3-9H2,1-2H3. The summed E-state index contributed by atoms with van der Waals surface area (Å²) in [6.45, 7) is 5.37. The van der Waals surface area contributed by atoms with Gasteiger partial charge in [0.15, 0.2) is 6.10 Å². The predicted molar refractivity (Wildman–Crippen MR) is 68.4 cm³/mol. The lowest BCUT2D eigenvalue weighted by molar-refractivity contribution is -0.160. The number of rotatable bonds is 3. The normalized spacial score (nSPS) is 33.4. The molecule has 3 atom stereocenters. The Morgan fingerprint density at radius 2 is 2.28 bits per heavy atom. The van der Waals surface area contributed by atoms with E-state index in [1.165, 1.54) is 0 Å². The number of hydrogen-bond donors (Lipinski definition) is 1. The molecule has 0 bridgehead atoms. The quantitative estimate of drug-likeness (QED) is 0.786. The predicted octanol–water partition coefficient (Wildman–Crippen LogP) is 0.248. The summed E-state index contributed by atoms with van der Waals surface area (Å²) in [4.78, 5) is 14.3. The van der Waals surface area contributed by atoms with Crippen LogP contribution in [0.5, 0.6) is 0 Å². The minimum absolute atomic E-state index is 0.0997. The van der Waals surface area contributed by atoms with Crippen molar-refractivity contribution < 1.29 is 14.3 Å². The highest BCUT2D eigenvalue weighted by Crippen LogP contribution is 2.21. The van der Waals surface area contributed by atoms with Crippen LogP contribution < -0.4 is 5.32 Å². The Morgan fingerprint density at radius 3 is 2.89 bits per heavy atom. The fraction of sp³-hybridized carbons (Fsp3) is 0.923. The third kappa shape index (κ3) is 3.02. The number of hydrogen-bond acceptors (Lipinski definition) is 4. The molecule has 3 unspecified atom stereocenters. The maximum atomic E-state index is 12.3. The molecule has 104 valence electrons.